The van der Waals surface area contributed by atoms with Crippen LogP contribution in [-0.4, -0.2) is 27.1 Å². The standard InChI is InChI=1S/C16H19N3O2S/c1-3-9-18(12-13-6-5-11-22-13)16(21)14-7-8-15(20)19(17-14)10-4-2/h3,5-8,11H,1,4,9-10,12H2,2H3. The molecule has 0 saturated heterocycles. The van der Waals surface area contributed by atoms with Crippen LogP contribution >= 0.6 is 11.3 Å². The van der Waals surface area contributed by atoms with E-state index in [4.69, 9.17) is 0 Å². The average molecular weight is 317 g/mol. The summed E-state index contributed by atoms with van der Waals surface area (Å²) in [5.74, 6) is -0.196. The van der Waals surface area contributed by atoms with Gasteiger partial charge in [-0.25, -0.2) is 4.68 Å². The molecule has 2 rings (SSSR count). The highest BCUT2D eigenvalue weighted by atomic mass is 32.1. The van der Waals surface area contributed by atoms with E-state index in [9.17, 15) is 9.59 Å². The van der Waals surface area contributed by atoms with Crippen molar-refractivity contribution in [2.45, 2.75) is 26.4 Å². The fourth-order valence-corrected chi connectivity index (χ4v) is 2.78. The highest BCUT2D eigenvalue weighted by Gasteiger charge is 2.17. The van der Waals surface area contributed by atoms with Gasteiger partial charge in [0.25, 0.3) is 11.5 Å². The molecule has 6 heteroatoms. The number of rotatable bonds is 7. The summed E-state index contributed by atoms with van der Waals surface area (Å²) >= 11 is 1.60. The predicted octanol–water partition coefficient (Wildman–Crippen LogP) is 2.54. The monoisotopic (exact) mass is 317 g/mol. The molecule has 0 fully saturated rings. The Hall–Kier alpha value is -2.21. The van der Waals surface area contributed by atoms with Gasteiger partial charge >= 0.3 is 0 Å². The molecule has 0 bridgehead atoms. The van der Waals surface area contributed by atoms with Gasteiger partial charge in [-0.3, -0.25) is 9.59 Å². The Morgan fingerprint density at radius 1 is 1.45 bits per heavy atom. The van der Waals surface area contributed by atoms with E-state index >= 15 is 0 Å². The van der Waals surface area contributed by atoms with Gasteiger partial charge in [-0.15, -0.1) is 17.9 Å². The molecule has 0 aliphatic heterocycles. The van der Waals surface area contributed by atoms with E-state index in [2.05, 4.69) is 11.7 Å². The maximum Gasteiger partial charge on any atom is 0.274 e. The third-order valence-electron chi connectivity index (χ3n) is 3.08. The molecule has 0 atom stereocenters. The zero-order chi connectivity index (χ0) is 15.9. The van der Waals surface area contributed by atoms with Crippen LogP contribution < -0.4 is 5.56 Å². The number of thiophene rings is 1. The largest absolute Gasteiger partial charge is 0.328 e. The summed E-state index contributed by atoms with van der Waals surface area (Å²) in [6.45, 7) is 7.12. The third kappa shape index (κ3) is 3.92. The van der Waals surface area contributed by atoms with Gasteiger partial charge in [0, 0.05) is 24.0 Å². The summed E-state index contributed by atoms with van der Waals surface area (Å²) in [6, 6.07) is 6.82. The molecule has 22 heavy (non-hydrogen) atoms. The Morgan fingerprint density at radius 2 is 2.27 bits per heavy atom. The van der Waals surface area contributed by atoms with E-state index in [0.717, 1.165) is 11.3 Å². The van der Waals surface area contributed by atoms with Crippen LogP contribution in [0, 0.1) is 0 Å². The van der Waals surface area contributed by atoms with Crippen LogP contribution in [0.1, 0.15) is 28.7 Å². The van der Waals surface area contributed by atoms with Crippen molar-refractivity contribution < 1.29 is 4.79 Å². The van der Waals surface area contributed by atoms with Gasteiger partial charge in [-0.2, -0.15) is 5.10 Å². The maximum absolute atomic E-state index is 12.6. The van der Waals surface area contributed by atoms with Gasteiger partial charge in [-0.05, 0) is 23.9 Å². The first-order chi connectivity index (χ1) is 10.7. The van der Waals surface area contributed by atoms with E-state index < -0.39 is 0 Å². The van der Waals surface area contributed by atoms with Crippen molar-refractivity contribution in [3.8, 4) is 0 Å². The lowest BCUT2D eigenvalue weighted by atomic mass is 10.3. The second kappa shape index (κ2) is 7.70. The van der Waals surface area contributed by atoms with Crippen molar-refractivity contribution in [2.24, 2.45) is 0 Å². The molecular formula is C16H19N3O2S. The van der Waals surface area contributed by atoms with Gasteiger partial charge in [0.2, 0.25) is 0 Å². The first-order valence-corrected chi connectivity index (χ1v) is 8.04. The van der Waals surface area contributed by atoms with Crippen molar-refractivity contribution in [2.75, 3.05) is 6.54 Å². The highest BCUT2D eigenvalue weighted by Crippen LogP contribution is 2.13. The van der Waals surface area contributed by atoms with Gasteiger partial charge in [-0.1, -0.05) is 19.1 Å². The molecular weight excluding hydrogens is 298 g/mol. The molecule has 0 unspecified atom stereocenters. The van der Waals surface area contributed by atoms with Gasteiger partial charge in [0.1, 0.15) is 5.69 Å². The Kier molecular flexibility index (Phi) is 5.66. The summed E-state index contributed by atoms with van der Waals surface area (Å²) in [4.78, 5) is 27.1. The fraction of sp³-hybridized carbons (Fsp3) is 0.312. The Balaban J connectivity index is 2.24. The molecule has 0 N–H and O–H groups in total. The fourth-order valence-electron chi connectivity index (χ4n) is 2.06. The number of hydrogen-bond acceptors (Lipinski definition) is 4. The summed E-state index contributed by atoms with van der Waals surface area (Å²) in [6.07, 6.45) is 2.48. The third-order valence-corrected chi connectivity index (χ3v) is 3.95. The minimum atomic E-state index is -0.196. The van der Waals surface area contributed by atoms with Crippen LogP contribution in [0.2, 0.25) is 0 Å². The minimum Gasteiger partial charge on any atom is -0.328 e. The molecule has 0 spiro atoms. The number of hydrogen-bond donors (Lipinski definition) is 0. The molecule has 0 aliphatic carbocycles. The summed E-state index contributed by atoms with van der Waals surface area (Å²) in [7, 11) is 0. The van der Waals surface area contributed by atoms with Crippen molar-refractivity contribution in [1.29, 1.82) is 0 Å². The van der Waals surface area contributed by atoms with Gasteiger partial charge in [0.15, 0.2) is 0 Å². The Bertz CT molecular complexity index is 692. The Labute approximate surface area is 133 Å². The van der Waals surface area contributed by atoms with Crippen molar-refractivity contribution in [3.63, 3.8) is 0 Å². The van der Waals surface area contributed by atoms with Crippen molar-refractivity contribution in [1.82, 2.24) is 14.7 Å². The van der Waals surface area contributed by atoms with E-state index in [1.54, 1.807) is 22.3 Å². The quantitative estimate of drug-likeness (QED) is 0.737. The van der Waals surface area contributed by atoms with E-state index in [-0.39, 0.29) is 17.2 Å². The van der Waals surface area contributed by atoms with Gasteiger partial charge in [0.05, 0.1) is 6.54 Å². The number of amides is 1. The second-order valence-corrected chi connectivity index (χ2v) is 5.87. The first-order valence-electron chi connectivity index (χ1n) is 7.16. The molecule has 2 aromatic heterocycles. The van der Waals surface area contributed by atoms with Crippen LogP contribution in [0.4, 0.5) is 0 Å². The first kappa shape index (κ1) is 16.2. The topological polar surface area (TPSA) is 55.2 Å². The molecule has 0 saturated carbocycles. The molecule has 116 valence electrons. The van der Waals surface area contributed by atoms with Crippen LogP contribution in [0.15, 0.2) is 47.1 Å². The lowest BCUT2D eigenvalue weighted by Crippen LogP contribution is -2.33. The number of aromatic nitrogens is 2. The lowest BCUT2D eigenvalue weighted by Gasteiger charge is -2.20. The summed E-state index contributed by atoms with van der Waals surface area (Å²) in [5, 5.41) is 6.15. The van der Waals surface area contributed by atoms with Crippen molar-refractivity contribution >= 4 is 17.2 Å². The van der Waals surface area contributed by atoms with E-state index in [1.165, 1.54) is 16.8 Å². The maximum atomic E-state index is 12.6. The molecule has 5 nitrogen and oxygen atoms in total. The number of aryl methyl sites for hydroxylation is 1. The van der Waals surface area contributed by atoms with E-state index in [0.29, 0.717) is 19.6 Å². The van der Waals surface area contributed by atoms with Crippen LogP contribution in [-0.2, 0) is 13.1 Å². The smallest absolute Gasteiger partial charge is 0.274 e. The van der Waals surface area contributed by atoms with E-state index in [1.807, 2.05) is 24.4 Å². The molecule has 0 aliphatic rings. The molecule has 2 heterocycles. The van der Waals surface area contributed by atoms with Gasteiger partial charge < -0.3 is 4.90 Å². The summed E-state index contributed by atoms with van der Waals surface area (Å²) < 4.78 is 1.34. The SMILES string of the molecule is C=CCN(Cc1cccs1)C(=O)c1ccc(=O)n(CCC)n1. The highest BCUT2D eigenvalue weighted by molar-refractivity contribution is 7.09. The predicted molar refractivity (Wildman–Crippen MR) is 88.0 cm³/mol. The Morgan fingerprint density at radius 3 is 2.91 bits per heavy atom. The number of nitrogens with zero attached hydrogens (tertiary/aromatic N) is 3. The molecule has 2 aromatic rings. The van der Waals surface area contributed by atoms with Crippen LogP contribution in [0.3, 0.4) is 0 Å². The molecule has 0 radical (unpaired) electrons. The van der Waals surface area contributed by atoms with Crippen LogP contribution in [0.25, 0.3) is 0 Å². The second-order valence-electron chi connectivity index (χ2n) is 4.83. The normalized spacial score (nSPS) is 10.4. The lowest BCUT2D eigenvalue weighted by molar-refractivity contribution is 0.0755. The summed E-state index contributed by atoms with van der Waals surface area (Å²) in [5.41, 5.74) is 0.0957. The minimum absolute atomic E-state index is 0.188. The zero-order valence-corrected chi connectivity index (χ0v) is 13.4. The molecule has 0 aromatic carbocycles. The molecule has 1 amide bonds. The number of carbonyl (C=O) groups is 1. The zero-order valence-electron chi connectivity index (χ0n) is 12.6. The van der Waals surface area contributed by atoms with Crippen LogP contribution in [0.5, 0.6) is 0 Å². The number of carbonyl (C=O) groups excluding carboxylic acids is 1. The average Bonchev–Trinajstić information content (AvgIpc) is 3.02. The van der Waals surface area contributed by atoms with Crippen molar-refractivity contribution in [3.05, 3.63) is 63.2 Å².